The summed E-state index contributed by atoms with van der Waals surface area (Å²) in [7, 11) is 0. The lowest BCUT2D eigenvalue weighted by atomic mass is 10.0. The second-order valence-corrected chi connectivity index (χ2v) is 6.16. The number of hydrogen-bond donors (Lipinski definition) is 1. The Hall–Kier alpha value is -1.21. The number of amides is 1. The van der Waals surface area contributed by atoms with Gasteiger partial charge in [-0.15, -0.1) is 36.2 Å². The SMILES string of the molecule is Cl.Cl.NCC1CCCCN1C(=O)c1cnc(-c2ccccn2)s1. The molecule has 1 aliphatic rings. The van der Waals surface area contributed by atoms with Gasteiger partial charge in [-0.2, -0.15) is 0 Å². The van der Waals surface area contributed by atoms with Gasteiger partial charge in [0.2, 0.25) is 0 Å². The number of pyridine rings is 1. The molecule has 5 nitrogen and oxygen atoms in total. The molecule has 3 heterocycles. The smallest absolute Gasteiger partial charge is 0.265 e. The topological polar surface area (TPSA) is 72.1 Å². The van der Waals surface area contributed by atoms with Crippen LogP contribution in [0.4, 0.5) is 0 Å². The van der Waals surface area contributed by atoms with Gasteiger partial charge in [0.1, 0.15) is 9.88 Å². The molecular formula is C15H20Cl2N4OS. The molecule has 0 radical (unpaired) electrons. The molecule has 2 aromatic heterocycles. The molecule has 0 saturated carbocycles. The van der Waals surface area contributed by atoms with E-state index in [1.165, 1.54) is 11.3 Å². The molecule has 0 bridgehead atoms. The van der Waals surface area contributed by atoms with Crippen LogP contribution in [0.15, 0.2) is 30.6 Å². The summed E-state index contributed by atoms with van der Waals surface area (Å²) < 4.78 is 0. The molecule has 0 aromatic carbocycles. The standard InChI is InChI=1S/C15H18N4OS.2ClH/c16-9-11-5-2-4-8-19(11)15(20)13-10-18-14(21-13)12-6-1-3-7-17-12;;/h1,3,6-7,10-11H,2,4-5,8-9,16H2;2*1H. The maximum absolute atomic E-state index is 12.6. The van der Waals surface area contributed by atoms with Crippen LogP contribution in [-0.4, -0.2) is 39.9 Å². The van der Waals surface area contributed by atoms with Crippen molar-refractivity contribution in [3.8, 4) is 10.7 Å². The number of likely N-dealkylation sites (tertiary alicyclic amines) is 1. The van der Waals surface area contributed by atoms with Crippen molar-refractivity contribution in [2.75, 3.05) is 13.1 Å². The van der Waals surface area contributed by atoms with E-state index < -0.39 is 0 Å². The number of hydrogen-bond acceptors (Lipinski definition) is 5. The summed E-state index contributed by atoms with van der Waals surface area (Å²) in [5, 5.41) is 0.778. The van der Waals surface area contributed by atoms with Crippen LogP contribution in [-0.2, 0) is 0 Å². The minimum absolute atomic E-state index is 0. The van der Waals surface area contributed by atoms with Gasteiger partial charge in [0, 0.05) is 25.3 Å². The Morgan fingerprint density at radius 2 is 2.13 bits per heavy atom. The first-order valence-corrected chi connectivity index (χ1v) is 7.99. The largest absolute Gasteiger partial charge is 0.334 e. The van der Waals surface area contributed by atoms with E-state index in [2.05, 4.69) is 9.97 Å². The van der Waals surface area contributed by atoms with Crippen LogP contribution in [0.25, 0.3) is 10.7 Å². The van der Waals surface area contributed by atoms with Crippen LogP contribution in [0.1, 0.15) is 28.9 Å². The third-order valence-electron chi connectivity index (χ3n) is 3.76. The average molecular weight is 375 g/mol. The normalized spacial score (nSPS) is 17.1. The minimum Gasteiger partial charge on any atom is -0.334 e. The fourth-order valence-electron chi connectivity index (χ4n) is 2.64. The zero-order chi connectivity index (χ0) is 14.7. The van der Waals surface area contributed by atoms with Crippen molar-refractivity contribution in [3.63, 3.8) is 0 Å². The third-order valence-corrected chi connectivity index (χ3v) is 4.77. The summed E-state index contributed by atoms with van der Waals surface area (Å²) in [6.45, 7) is 1.31. The predicted molar refractivity (Wildman–Crippen MR) is 97.6 cm³/mol. The summed E-state index contributed by atoms with van der Waals surface area (Å²) in [5.74, 6) is 0.0461. The number of nitrogens with two attached hydrogens (primary N) is 1. The molecule has 1 fully saturated rings. The summed E-state index contributed by atoms with van der Waals surface area (Å²) in [6.07, 6.45) is 6.57. The number of piperidine rings is 1. The Morgan fingerprint density at radius 1 is 1.30 bits per heavy atom. The highest BCUT2D eigenvalue weighted by Gasteiger charge is 2.27. The second kappa shape index (κ2) is 9.17. The van der Waals surface area contributed by atoms with E-state index in [0.717, 1.165) is 36.5 Å². The first-order chi connectivity index (χ1) is 10.3. The molecule has 0 aliphatic carbocycles. The van der Waals surface area contributed by atoms with E-state index in [1.807, 2.05) is 23.1 Å². The maximum Gasteiger partial charge on any atom is 0.265 e. The monoisotopic (exact) mass is 374 g/mol. The first kappa shape index (κ1) is 19.8. The van der Waals surface area contributed by atoms with E-state index in [9.17, 15) is 4.79 Å². The lowest BCUT2D eigenvalue weighted by Gasteiger charge is -2.34. The molecule has 2 N–H and O–H groups in total. The Labute approximate surface area is 152 Å². The molecule has 0 spiro atoms. The van der Waals surface area contributed by atoms with E-state index in [1.54, 1.807) is 12.4 Å². The van der Waals surface area contributed by atoms with Crippen LogP contribution in [0.3, 0.4) is 0 Å². The Balaban J connectivity index is 0.00000132. The number of carbonyl (C=O) groups is 1. The molecule has 1 amide bonds. The number of aromatic nitrogens is 2. The van der Waals surface area contributed by atoms with E-state index in [4.69, 9.17) is 5.73 Å². The fraction of sp³-hybridized carbons (Fsp3) is 0.400. The average Bonchev–Trinajstić information content (AvgIpc) is 3.05. The first-order valence-electron chi connectivity index (χ1n) is 7.18. The van der Waals surface area contributed by atoms with Gasteiger partial charge in [-0.3, -0.25) is 9.78 Å². The van der Waals surface area contributed by atoms with Gasteiger partial charge < -0.3 is 10.6 Å². The van der Waals surface area contributed by atoms with Crippen molar-refractivity contribution in [1.82, 2.24) is 14.9 Å². The molecule has 1 saturated heterocycles. The van der Waals surface area contributed by atoms with Crippen molar-refractivity contribution >= 4 is 42.1 Å². The van der Waals surface area contributed by atoms with Crippen LogP contribution in [0.5, 0.6) is 0 Å². The van der Waals surface area contributed by atoms with Gasteiger partial charge in [0.15, 0.2) is 0 Å². The molecule has 8 heteroatoms. The molecule has 2 aromatic rings. The zero-order valence-corrected chi connectivity index (χ0v) is 15.0. The van der Waals surface area contributed by atoms with Gasteiger partial charge >= 0.3 is 0 Å². The lowest BCUT2D eigenvalue weighted by Crippen LogP contribution is -2.47. The van der Waals surface area contributed by atoms with Gasteiger partial charge in [-0.05, 0) is 31.4 Å². The summed E-state index contributed by atoms with van der Waals surface area (Å²) in [5.41, 5.74) is 6.59. The summed E-state index contributed by atoms with van der Waals surface area (Å²) in [4.78, 5) is 23.8. The molecular weight excluding hydrogens is 355 g/mol. The lowest BCUT2D eigenvalue weighted by molar-refractivity contribution is 0.0628. The molecule has 126 valence electrons. The third kappa shape index (κ3) is 4.41. The molecule has 3 rings (SSSR count). The van der Waals surface area contributed by atoms with Crippen molar-refractivity contribution in [2.24, 2.45) is 5.73 Å². The predicted octanol–water partition coefficient (Wildman–Crippen LogP) is 3.00. The van der Waals surface area contributed by atoms with Gasteiger partial charge in [0.05, 0.1) is 11.9 Å². The molecule has 1 aliphatic heterocycles. The number of halogens is 2. The minimum atomic E-state index is 0. The summed E-state index contributed by atoms with van der Waals surface area (Å²) in [6, 6.07) is 5.84. The quantitative estimate of drug-likeness (QED) is 0.895. The van der Waals surface area contributed by atoms with E-state index in [0.29, 0.717) is 11.4 Å². The Morgan fingerprint density at radius 3 is 2.83 bits per heavy atom. The van der Waals surface area contributed by atoms with Gasteiger partial charge in [-0.1, -0.05) is 6.07 Å². The number of rotatable bonds is 3. The highest BCUT2D eigenvalue weighted by Crippen LogP contribution is 2.26. The van der Waals surface area contributed by atoms with Crippen molar-refractivity contribution in [3.05, 3.63) is 35.5 Å². The van der Waals surface area contributed by atoms with Crippen molar-refractivity contribution < 1.29 is 4.79 Å². The Bertz CT molecular complexity index is 623. The number of nitrogens with zero attached hydrogens (tertiary/aromatic N) is 3. The second-order valence-electron chi connectivity index (χ2n) is 5.13. The van der Waals surface area contributed by atoms with Crippen LogP contribution < -0.4 is 5.73 Å². The van der Waals surface area contributed by atoms with Crippen LogP contribution in [0, 0.1) is 0 Å². The van der Waals surface area contributed by atoms with Crippen molar-refractivity contribution in [2.45, 2.75) is 25.3 Å². The van der Waals surface area contributed by atoms with Crippen molar-refractivity contribution in [1.29, 1.82) is 0 Å². The maximum atomic E-state index is 12.6. The molecule has 1 atom stereocenters. The van der Waals surface area contributed by atoms with Gasteiger partial charge in [-0.25, -0.2) is 4.98 Å². The Kier molecular flexibility index (Phi) is 7.91. The van der Waals surface area contributed by atoms with E-state index in [-0.39, 0.29) is 36.8 Å². The highest BCUT2D eigenvalue weighted by molar-refractivity contribution is 7.16. The van der Waals surface area contributed by atoms with E-state index >= 15 is 0 Å². The van der Waals surface area contributed by atoms with Crippen LogP contribution >= 0.6 is 36.2 Å². The number of carbonyl (C=O) groups excluding carboxylic acids is 1. The fourth-order valence-corrected chi connectivity index (χ4v) is 3.48. The van der Waals surface area contributed by atoms with Gasteiger partial charge in [0.25, 0.3) is 5.91 Å². The molecule has 1 unspecified atom stereocenters. The zero-order valence-electron chi connectivity index (χ0n) is 12.6. The summed E-state index contributed by atoms with van der Waals surface area (Å²) >= 11 is 1.39. The number of thiazole rings is 1. The molecule has 23 heavy (non-hydrogen) atoms. The highest BCUT2D eigenvalue weighted by atomic mass is 35.5. The van der Waals surface area contributed by atoms with Crippen LogP contribution in [0.2, 0.25) is 0 Å².